The minimum Gasteiger partial charge on any atom is -0.441 e. The Morgan fingerprint density at radius 2 is 2.27 bits per heavy atom. The molecule has 1 heterocycles. The Labute approximate surface area is 89.5 Å². The van der Waals surface area contributed by atoms with Crippen LogP contribution < -0.4 is 5.32 Å². The van der Waals surface area contributed by atoms with Gasteiger partial charge in [-0.3, -0.25) is 0 Å². The molecule has 1 N–H and O–H groups in total. The molecule has 1 aromatic heterocycles. The van der Waals surface area contributed by atoms with Gasteiger partial charge in [0.25, 0.3) is 0 Å². The monoisotopic (exact) mass is 204 g/mol. The van der Waals surface area contributed by atoms with Crippen molar-refractivity contribution in [2.45, 2.75) is 19.8 Å². The van der Waals surface area contributed by atoms with Crippen molar-refractivity contribution in [2.24, 2.45) is 0 Å². The summed E-state index contributed by atoms with van der Waals surface area (Å²) in [5, 5.41) is 3.11. The first kappa shape index (κ1) is 10.2. The summed E-state index contributed by atoms with van der Waals surface area (Å²) < 4.78 is 5.63. The maximum absolute atomic E-state index is 5.63. The molecule has 2 rings (SSSR count). The van der Waals surface area contributed by atoms with Crippen LogP contribution in [0.1, 0.15) is 17.9 Å². The van der Waals surface area contributed by atoms with Gasteiger partial charge in [-0.2, -0.15) is 0 Å². The lowest BCUT2D eigenvalue weighted by molar-refractivity contribution is 0.516. The molecule has 0 saturated carbocycles. The molecule has 3 heteroatoms. The lowest BCUT2D eigenvalue weighted by atomic mass is 10.2. The van der Waals surface area contributed by atoms with Crippen molar-refractivity contribution in [3.63, 3.8) is 0 Å². The normalized spacial score (nSPS) is 11.1. The third-order valence-electron chi connectivity index (χ3n) is 2.40. The van der Waals surface area contributed by atoms with E-state index in [0.29, 0.717) is 0 Å². The minimum atomic E-state index is 0.839. The average molecular weight is 204 g/mol. The van der Waals surface area contributed by atoms with Crippen molar-refractivity contribution in [3.05, 3.63) is 29.7 Å². The van der Waals surface area contributed by atoms with E-state index in [1.165, 1.54) is 5.56 Å². The highest BCUT2D eigenvalue weighted by atomic mass is 16.3. The van der Waals surface area contributed by atoms with Gasteiger partial charge in [-0.25, -0.2) is 4.98 Å². The average Bonchev–Trinajstić information content (AvgIpc) is 2.60. The van der Waals surface area contributed by atoms with Crippen LogP contribution in [0.15, 0.2) is 22.6 Å². The summed E-state index contributed by atoms with van der Waals surface area (Å²) in [6.07, 6.45) is 1.96. The first-order chi connectivity index (χ1) is 7.29. The van der Waals surface area contributed by atoms with Gasteiger partial charge in [-0.1, -0.05) is 6.07 Å². The van der Waals surface area contributed by atoms with Crippen molar-refractivity contribution < 1.29 is 4.42 Å². The number of aryl methyl sites for hydroxylation is 2. The van der Waals surface area contributed by atoms with Crippen LogP contribution in [-0.4, -0.2) is 18.6 Å². The van der Waals surface area contributed by atoms with E-state index in [1.54, 1.807) is 0 Å². The van der Waals surface area contributed by atoms with Crippen molar-refractivity contribution in [3.8, 4) is 0 Å². The highest BCUT2D eigenvalue weighted by molar-refractivity contribution is 5.73. The predicted molar refractivity (Wildman–Crippen MR) is 61.0 cm³/mol. The molecule has 0 aliphatic carbocycles. The number of nitrogens with zero attached hydrogens (tertiary/aromatic N) is 1. The zero-order chi connectivity index (χ0) is 10.7. The molecule has 1 aromatic carbocycles. The number of hydrogen-bond donors (Lipinski definition) is 1. The summed E-state index contributed by atoms with van der Waals surface area (Å²) >= 11 is 0. The van der Waals surface area contributed by atoms with E-state index in [4.69, 9.17) is 4.42 Å². The Bertz CT molecular complexity index is 448. The van der Waals surface area contributed by atoms with Crippen LogP contribution >= 0.6 is 0 Å². The molecule has 0 radical (unpaired) electrons. The summed E-state index contributed by atoms with van der Waals surface area (Å²) in [4.78, 5) is 4.45. The Morgan fingerprint density at radius 1 is 1.40 bits per heavy atom. The van der Waals surface area contributed by atoms with Gasteiger partial charge < -0.3 is 9.73 Å². The molecule has 0 bridgehead atoms. The highest BCUT2D eigenvalue weighted by Crippen LogP contribution is 2.17. The Hall–Kier alpha value is -1.35. The van der Waals surface area contributed by atoms with Gasteiger partial charge in [0.2, 0.25) is 0 Å². The molecular weight excluding hydrogens is 188 g/mol. The molecule has 0 amide bonds. The first-order valence-electron chi connectivity index (χ1n) is 5.30. The fraction of sp³-hybridized carbons (Fsp3) is 0.417. The van der Waals surface area contributed by atoms with Gasteiger partial charge in [0, 0.05) is 6.42 Å². The highest BCUT2D eigenvalue weighted by Gasteiger charge is 2.04. The van der Waals surface area contributed by atoms with Gasteiger partial charge in [0.15, 0.2) is 11.5 Å². The van der Waals surface area contributed by atoms with Crippen LogP contribution in [0.25, 0.3) is 11.1 Å². The van der Waals surface area contributed by atoms with Gasteiger partial charge >= 0.3 is 0 Å². The van der Waals surface area contributed by atoms with Gasteiger partial charge in [-0.15, -0.1) is 0 Å². The van der Waals surface area contributed by atoms with Crippen molar-refractivity contribution in [1.82, 2.24) is 10.3 Å². The predicted octanol–water partition coefficient (Wildman–Crippen LogP) is 2.29. The minimum absolute atomic E-state index is 0.839. The maximum Gasteiger partial charge on any atom is 0.195 e. The molecular formula is C12H16N2O. The fourth-order valence-electron chi connectivity index (χ4n) is 1.61. The van der Waals surface area contributed by atoms with Crippen LogP contribution in [-0.2, 0) is 6.42 Å². The van der Waals surface area contributed by atoms with E-state index in [1.807, 2.05) is 19.2 Å². The first-order valence-corrected chi connectivity index (χ1v) is 5.30. The number of hydrogen-bond acceptors (Lipinski definition) is 3. The van der Waals surface area contributed by atoms with Crippen LogP contribution in [0.3, 0.4) is 0 Å². The molecule has 80 valence electrons. The molecule has 2 aromatic rings. The van der Waals surface area contributed by atoms with E-state index in [9.17, 15) is 0 Å². The SMILES string of the molecule is CNCCCc1nc2cc(C)ccc2o1. The quantitative estimate of drug-likeness (QED) is 0.776. The van der Waals surface area contributed by atoms with Gasteiger partial charge in [0.1, 0.15) is 5.52 Å². The topological polar surface area (TPSA) is 38.1 Å². The third kappa shape index (κ3) is 2.36. The lowest BCUT2D eigenvalue weighted by Gasteiger charge is -1.94. The van der Waals surface area contributed by atoms with E-state index in [2.05, 4.69) is 23.3 Å². The molecule has 15 heavy (non-hydrogen) atoms. The number of aromatic nitrogens is 1. The number of oxazole rings is 1. The van der Waals surface area contributed by atoms with Crippen LogP contribution in [0.5, 0.6) is 0 Å². The number of rotatable bonds is 4. The summed E-state index contributed by atoms with van der Waals surface area (Å²) in [6.45, 7) is 3.06. The number of benzene rings is 1. The smallest absolute Gasteiger partial charge is 0.195 e. The second-order valence-electron chi connectivity index (χ2n) is 3.79. The molecule has 0 aliphatic heterocycles. The van der Waals surface area contributed by atoms with E-state index in [-0.39, 0.29) is 0 Å². The molecule has 0 spiro atoms. The summed E-state index contributed by atoms with van der Waals surface area (Å²) in [6, 6.07) is 6.09. The maximum atomic E-state index is 5.63. The van der Waals surface area contributed by atoms with Crippen molar-refractivity contribution >= 4 is 11.1 Å². The number of fused-ring (bicyclic) bond motifs is 1. The Kier molecular flexibility index (Phi) is 3.02. The van der Waals surface area contributed by atoms with Gasteiger partial charge in [-0.05, 0) is 44.6 Å². The largest absolute Gasteiger partial charge is 0.441 e. The van der Waals surface area contributed by atoms with Crippen LogP contribution in [0.4, 0.5) is 0 Å². The lowest BCUT2D eigenvalue weighted by Crippen LogP contribution is -2.08. The summed E-state index contributed by atoms with van der Waals surface area (Å²) in [7, 11) is 1.95. The van der Waals surface area contributed by atoms with Gasteiger partial charge in [0.05, 0.1) is 0 Å². The Morgan fingerprint density at radius 3 is 3.07 bits per heavy atom. The van der Waals surface area contributed by atoms with Crippen LogP contribution in [0, 0.1) is 6.92 Å². The fourth-order valence-corrected chi connectivity index (χ4v) is 1.61. The van der Waals surface area contributed by atoms with E-state index in [0.717, 1.165) is 36.4 Å². The Balaban J connectivity index is 2.16. The summed E-state index contributed by atoms with van der Waals surface area (Å²) in [5.41, 5.74) is 3.08. The van der Waals surface area contributed by atoms with E-state index >= 15 is 0 Å². The summed E-state index contributed by atoms with van der Waals surface area (Å²) in [5.74, 6) is 0.839. The van der Waals surface area contributed by atoms with Crippen molar-refractivity contribution in [1.29, 1.82) is 0 Å². The second-order valence-corrected chi connectivity index (χ2v) is 3.79. The molecule has 0 saturated heterocycles. The van der Waals surface area contributed by atoms with E-state index < -0.39 is 0 Å². The van der Waals surface area contributed by atoms with Crippen molar-refractivity contribution in [2.75, 3.05) is 13.6 Å². The molecule has 0 unspecified atom stereocenters. The zero-order valence-corrected chi connectivity index (χ0v) is 9.21. The standard InChI is InChI=1S/C12H16N2O/c1-9-5-6-11-10(8-9)14-12(15-11)4-3-7-13-2/h5-6,8,13H,3-4,7H2,1-2H3. The number of nitrogens with one attached hydrogen (secondary N) is 1. The zero-order valence-electron chi connectivity index (χ0n) is 9.21. The molecule has 3 nitrogen and oxygen atoms in total. The third-order valence-corrected chi connectivity index (χ3v) is 2.40. The molecule has 0 atom stereocenters. The molecule has 0 aliphatic rings. The van der Waals surface area contributed by atoms with Crippen LogP contribution in [0.2, 0.25) is 0 Å². The second kappa shape index (κ2) is 4.45. The molecule has 0 fully saturated rings.